The molecule has 0 saturated heterocycles. The quantitative estimate of drug-likeness (QED) is 0.535. The van der Waals surface area contributed by atoms with Gasteiger partial charge in [-0.2, -0.15) is 0 Å². The SMILES string of the molecule is CCc1c(-c2ccnc3[nH]ccc23)[nH]c2ccc(C(=O)O)cc12. The van der Waals surface area contributed by atoms with Gasteiger partial charge in [0, 0.05) is 34.2 Å². The number of aromatic amines is 2. The Hall–Kier alpha value is -3.08. The van der Waals surface area contributed by atoms with Gasteiger partial charge in [-0.1, -0.05) is 6.92 Å². The molecule has 0 spiro atoms. The first-order chi connectivity index (χ1) is 11.2. The zero-order valence-corrected chi connectivity index (χ0v) is 12.6. The van der Waals surface area contributed by atoms with E-state index in [0.717, 1.165) is 45.2 Å². The van der Waals surface area contributed by atoms with Gasteiger partial charge in [0.2, 0.25) is 0 Å². The van der Waals surface area contributed by atoms with Gasteiger partial charge >= 0.3 is 5.97 Å². The Morgan fingerprint density at radius 1 is 1.22 bits per heavy atom. The topological polar surface area (TPSA) is 81.8 Å². The number of hydrogen-bond donors (Lipinski definition) is 3. The molecule has 4 rings (SSSR count). The summed E-state index contributed by atoms with van der Waals surface area (Å²) in [6.07, 6.45) is 4.46. The van der Waals surface area contributed by atoms with E-state index in [1.807, 2.05) is 24.4 Å². The third-order valence-electron chi connectivity index (χ3n) is 4.24. The molecule has 0 aliphatic heterocycles. The van der Waals surface area contributed by atoms with Gasteiger partial charge in [-0.3, -0.25) is 0 Å². The third kappa shape index (κ3) is 2.01. The van der Waals surface area contributed by atoms with Crippen LogP contribution in [-0.4, -0.2) is 26.0 Å². The Kier molecular flexibility index (Phi) is 2.94. The fraction of sp³-hybridized carbons (Fsp3) is 0.111. The summed E-state index contributed by atoms with van der Waals surface area (Å²) in [5.74, 6) is -0.909. The number of hydrogen-bond acceptors (Lipinski definition) is 2. The average Bonchev–Trinajstić information content (AvgIpc) is 3.17. The van der Waals surface area contributed by atoms with Crippen molar-refractivity contribution in [2.45, 2.75) is 13.3 Å². The van der Waals surface area contributed by atoms with Gasteiger partial charge in [-0.15, -0.1) is 0 Å². The van der Waals surface area contributed by atoms with Crippen LogP contribution in [0.1, 0.15) is 22.8 Å². The minimum absolute atomic E-state index is 0.305. The maximum absolute atomic E-state index is 11.2. The van der Waals surface area contributed by atoms with E-state index >= 15 is 0 Å². The van der Waals surface area contributed by atoms with Gasteiger partial charge in [0.15, 0.2) is 0 Å². The number of carbonyl (C=O) groups is 1. The summed E-state index contributed by atoms with van der Waals surface area (Å²) < 4.78 is 0. The number of pyridine rings is 1. The van der Waals surface area contributed by atoms with Crippen LogP contribution in [0.15, 0.2) is 42.7 Å². The van der Waals surface area contributed by atoms with Crippen LogP contribution in [0.25, 0.3) is 33.2 Å². The van der Waals surface area contributed by atoms with Gasteiger partial charge in [-0.25, -0.2) is 9.78 Å². The van der Waals surface area contributed by atoms with E-state index < -0.39 is 5.97 Å². The van der Waals surface area contributed by atoms with E-state index in [1.54, 1.807) is 18.3 Å². The first-order valence-electron chi connectivity index (χ1n) is 7.49. The highest BCUT2D eigenvalue weighted by molar-refractivity contribution is 6.01. The molecule has 0 fully saturated rings. The molecule has 5 heteroatoms. The van der Waals surface area contributed by atoms with E-state index in [0.29, 0.717) is 5.56 Å². The van der Waals surface area contributed by atoms with Gasteiger partial charge in [-0.05, 0) is 42.3 Å². The highest BCUT2D eigenvalue weighted by Gasteiger charge is 2.16. The summed E-state index contributed by atoms with van der Waals surface area (Å²) in [5.41, 5.74) is 5.31. The number of benzene rings is 1. The van der Waals surface area contributed by atoms with E-state index in [1.165, 1.54) is 0 Å². The Labute approximate surface area is 132 Å². The van der Waals surface area contributed by atoms with Crippen molar-refractivity contribution in [3.8, 4) is 11.3 Å². The Morgan fingerprint density at radius 2 is 2.09 bits per heavy atom. The molecule has 0 bridgehead atoms. The predicted octanol–water partition coefficient (Wildman–Crippen LogP) is 3.97. The van der Waals surface area contributed by atoms with Crippen molar-refractivity contribution in [1.82, 2.24) is 15.0 Å². The van der Waals surface area contributed by atoms with Crippen LogP contribution in [0.2, 0.25) is 0 Å². The van der Waals surface area contributed by atoms with Crippen LogP contribution in [0.3, 0.4) is 0 Å². The molecule has 0 radical (unpaired) electrons. The van der Waals surface area contributed by atoms with Gasteiger partial charge in [0.1, 0.15) is 5.65 Å². The fourth-order valence-electron chi connectivity index (χ4n) is 3.16. The van der Waals surface area contributed by atoms with Crippen LogP contribution in [0.5, 0.6) is 0 Å². The van der Waals surface area contributed by atoms with E-state index in [4.69, 9.17) is 0 Å². The average molecular weight is 305 g/mol. The highest BCUT2D eigenvalue weighted by atomic mass is 16.4. The highest BCUT2D eigenvalue weighted by Crippen LogP contribution is 2.34. The molecule has 0 atom stereocenters. The lowest BCUT2D eigenvalue weighted by Crippen LogP contribution is -1.95. The zero-order valence-electron chi connectivity index (χ0n) is 12.6. The van der Waals surface area contributed by atoms with Gasteiger partial charge in [0.25, 0.3) is 0 Å². The van der Waals surface area contributed by atoms with E-state index in [-0.39, 0.29) is 0 Å². The molecule has 0 amide bonds. The van der Waals surface area contributed by atoms with Crippen LogP contribution in [0.4, 0.5) is 0 Å². The van der Waals surface area contributed by atoms with Crippen LogP contribution < -0.4 is 0 Å². The van der Waals surface area contributed by atoms with Gasteiger partial charge in [0.05, 0.1) is 11.3 Å². The second-order valence-electron chi connectivity index (χ2n) is 5.50. The van der Waals surface area contributed by atoms with Crippen molar-refractivity contribution in [2.75, 3.05) is 0 Å². The normalized spacial score (nSPS) is 11.3. The second-order valence-corrected chi connectivity index (χ2v) is 5.50. The number of H-pyrrole nitrogens is 2. The number of nitrogens with zero attached hydrogens (tertiary/aromatic N) is 1. The van der Waals surface area contributed by atoms with E-state index in [9.17, 15) is 9.90 Å². The minimum Gasteiger partial charge on any atom is -0.478 e. The molecule has 5 nitrogen and oxygen atoms in total. The number of carboxylic acid groups (broad SMARTS) is 1. The number of rotatable bonds is 3. The number of fused-ring (bicyclic) bond motifs is 2. The lowest BCUT2D eigenvalue weighted by atomic mass is 10.0. The number of aryl methyl sites for hydroxylation is 1. The maximum atomic E-state index is 11.2. The molecule has 0 saturated carbocycles. The van der Waals surface area contributed by atoms with Crippen molar-refractivity contribution in [1.29, 1.82) is 0 Å². The molecular formula is C18H15N3O2. The van der Waals surface area contributed by atoms with Crippen LogP contribution >= 0.6 is 0 Å². The smallest absolute Gasteiger partial charge is 0.335 e. The molecule has 23 heavy (non-hydrogen) atoms. The first-order valence-corrected chi connectivity index (χ1v) is 7.49. The van der Waals surface area contributed by atoms with Crippen molar-refractivity contribution >= 4 is 27.9 Å². The molecule has 3 aromatic heterocycles. The predicted molar refractivity (Wildman–Crippen MR) is 89.7 cm³/mol. The summed E-state index contributed by atoms with van der Waals surface area (Å²) in [4.78, 5) is 22.1. The largest absolute Gasteiger partial charge is 0.478 e. The second kappa shape index (κ2) is 4.98. The first kappa shape index (κ1) is 13.6. The molecule has 114 valence electrons. The summed E-state index contributed by atoms with van der Waals surface area (Å²) in [5, 5.41) is 11.2. The molecule has 0 aliphatic rings. The lowest BCUT2D eigenvalue weighted by Gasteiger charge is -2.04. The standard InChI is InChI=1S/C18H15N3O2/c1-2-11-14-9-10(18(22)23)3-4-15(14)21-16(11)12-5-7-19-17-13(12)6-8-20-17/h3-9,21H,2H2,1H3,(H,19,20)(H,22,23). The Morgan fingerprint density at radius 3 is 2.87 bits per heavy atom. The Bertz CT molecular complexity index is 1040. The monoisotopic (exact) mass is 305 g/mol. The maximum Gasteiger partial charge on any atom is 0.335 e. The molecule has 3 heterocycles. The molecule has 1 aromatic carbocycles. The fourth-order valence-corrected chi connectivity index (χ4v) is 3.16. The lowest BCUT2D eigenvalue weighted by molar-refractivity contribution is 0.0697. The summed E-state index contributed by atoms with van der Waals surface area (Å²) in [6.45, 7) is 2.08. The van der Waals surface area contributed by atoms with Crippen molar-refractivity contribution in [3.05, 3.63) is 53.9 Å². The molecule has 0 unspecified atom stereocenters. The summed E-state index contributed by atoms with van der Waals surface area (Å²) >= 11 is 0. The molecule has 3 N–H and O–H groups in total. The summed E-state index contributed by atoms with van der Waals surface area (Å²) in [6, 6.07) is 9.19. The van der Waals surface area contributed by atoms with Crippen LogP contribution in [0, 0.1) is 0 Å². The van der Waals surface area contributed by atoms with Gasteiger partial charge < -0.3 is 15.1 Å². The third-order valence-corrected chi connectivity index (χ3v) is 4.24. The number of carboxylic acids is 1. The number of aromatic nitrogens is 3. The Balaban J connectivity index is 2.03. The number of aromatic carboxylic acids is 1. The number of nitrogens with one attached hydrogen (secondary N) is 2. The molecule has 0 aliphatic carbocycles. The van der Waals surface area contributed by atoms with Crippen molar-refractivity contribution < 1.29 is 9.90 Å². The van der Waals surface area contributed by atoms with E-state index in [2.05, 4.69) is 21.9 Å². The molecule has 4 aromatic rings. The van der Waals surface area contributed by atoms with Crippen LogP contribution in [-0.2, 0) is 6.42 Å². The van der Waals surface area contributed by atoms with Crippen molar-refractivity contribution in [3.63, 3.8) is 0 Å². The summed E-state index contributed by atoms with van der Waals surface area (Å²) in [7, 11) is 0. The zero-order chi connectivity index (χ0) is 16.0. The minimum atomic E-state index is -0.909. The van der Waals surface area contributed by atoms with Crippen molar-refractivity contribution in [2.24, 2.45) is 0 Å². The molecular weight excluding hydrogens is 290 g/mol.